The maximum absolute atomic E-state index is 13.4. The van der Waals surface area contributed by atoms with Crippen molar-refractivity contribution >= 4 is 6.03 Å². The third-order valence-electron chi connectivity index (χ3n) is 3.02. The second-order valence-corrected chi connectivity index (χ2v) is 4.55. The molecular formula is C14H16F2N2O2. The van der Waals surface area contributed by atoms with Gasteiger partial charge >= 0.3 is 6.03 Å². The number of benzene rings is 1. The summed E-state index contributed by atoms with van der Waals surface area (Å²) in [5.41, 5.74) is 0.180. The smallest absolute Gasteiger partial charge is 0.317 e. The quantitative estimate of drug-likeness (QED) is 0.840. The molecular weight excluding hydrogens is 266 g/mol. The van der Waals surface area contributed by atoms with Crippen molar-refractivity contribution in [2.45, 2.75) is 12.7 Å². The van der Waals surface area contributed by atoms with Crippen LogP contribution in [0.4, 0.5) is 13.6 Å². The van der Waals surface area contributed by atoms with E-state index in [-0.39, 0.29) is 24.3 Å². The van der Waals surface area contributed by atoms with Crippen LogP contribution in [0.2, 0.25) is 0 Å². The lowest BCUT2D eigenvalue weighted by atomic mass is 10.1. The minimum atomic E-state index is -0.496. The molecule has 1 aliphatic heterocycles. The number of urea groups is 1. The van der Waals surface area contributed by atoms with Gasteiger partial charge in [0.15, 0.2) is 0 Å². The van der Waals surface area contributed by atoms with E-state index in [1.54, 1.807) is 11.0 Å². The van der Waals surface area contributed by atoms with Gasteiger partial charge in [-0.2, -0.15) is 0 Å². The predicted molar refractivity (Wildman–Crippen MR) is 70.1 cm³/mol. The Kier molecular flexibility index (Phi) is 4.68. The summed E-state index contributed by atoms with van der Waals surface area (Å²) < 4.78 is 31.8. The van der Waals surface area contributed by atoms with E-state index in [1.165, 1.54) is 0 Å². The first-order chi connectivity index (χ1) is 9.60. The number of likely N-dealkylation sites (tertiary alicyclic amines) is 1. The van der Waals surface area contributed by atoms with E-state index in [4.69, 9.17) is 4.74 Å². The highest BCUT2D eigenvalue weighted by Crippen LogP contribution is 2.16. The molecule has 1 saturated heterocycles. The zero-order valence-electron chi connectivity index (χ0n) is 10.9. The Bertz CT molecular complexity index is 502. The molecule has 2 rings (SSSR count). The van der Waals surface area contributed by atoms with Crippen LogP contribution in [0.15, 0.2) is 30.9 Å². The van der Waals surface area contributed by atoms with Gasteiger partial charge in [0.25, 0.3) is 0 Å². The molecule has 0 spiro atoms. The maximum Gasteiger partial charge on any atom is 0.317 e. The number of carbonyl (C=O) groups is 1. The Morgan fingerprint density at radius 3 is 2.95 bits per heavy atom. The number of rotatable bonds is 5. The van der Waals surface area contributed by atoms with Crippen molar-refractivity contribution in [3.8, 4) is 0 Å². The standard InChI is InChI=1S/C14H16F2N2O2/c1-2-5-17-14(19)18-7-12(8-18)20-9-10-6-11(15)3-4-13(10)16/h2-4,6,12H,1,5,7-9H2,(H,17,19). The van der Waals surface area contributed by atoms with Gasteiger partial charge in [-0.05, 0) is 18.2 Å². The second-order valence-electron chi connectivity index (χ2n) is 4.55. The van der Waals surface area contributed by atoms with Gasteiger partial charge in [0.2, 0.25) is 0 Å². The molecule has 0 saturated carbocycles. The summed E-state index contributed by atoms with van der Waals surface area (Å²) in [6.45, 7) is 4.80. The molecule has 2 amide bonds. The van der Waals surface area contributed by atoms with Crippen LogP contribution < -0.4 is 5.32 Å². The number of amides is 2. The van der Waals surface area contributed by atoms with Gasteiger partial charge < -0.3 is 15.0 Å². The first-order valence-corrected chi connectivity index (χ1v) is 6.29. The number of nitrogens with zero attached hydrogens (tertiary/aromatic N) is 1. The summed E-state index contributed by atoms with van der Waals surface area (Å²) in [5, 5.41) is 2.65. The minimum absolute atomic E-state index is 0.00359. The molecule has 1 fully saturated rings. The Balaban J connectivity index is 1.74. The van der Waals surface area contributed by atoms with E-state index < -0.39 is 11.6 Å². The first-order valence-electron chi connectivity index (χ1n) is 6.29. The molecule has 108 valence electrons. The molecule has 6 heteroatoms. The van der Waals surface area contributed by atoms with Gasteiger partial charge in [0.05, 0.1) is 25.8 Å². The van der Waals surface area contributed by atoms with Gasteiger partial charge in [-0.1, -0.05) is 6.08 Å². The lowest BCUT2D eigenvalue weighted by molar-refractivity contribution is -0.0448. The molecule has 0 radical (unpaired) electrons. The maximum atomic E-state index is 13.4. The largest absolute Gasteiger partial charge is 0.370 e. The molecule has 0 bridgehead atoms. The fourth-order valence-electron chi connectivity index (χ4n) is 1.84. The Hall–Kier alpha value is -1.95. The first kappa shape index (κ1) is 14.5. The van der Waals surface area contributed by atoms with Gasteiger partial charge in [-0.25, -0.2) is 13.6 Å². The van der Waals surface area contributed by atoms with Crippen molar-refractivity contribution in [3.63, 3.8) is 0 Å². The predicted octanol–water partition coefficient (Wildman–Crippen LogP) is 2.06. The summed E-state index contributed by atoms with van der Waals surface area (Å²) in [7, 11) is 0. The lowest BCUT2D eigenvalue weighted by Crippen LogP contribution is -2.57. The fraction of sp³-hybridized carbons (Fsp3) is 0.357. The number of halogens is 2. The molecule has 1 heterocycles. The Morgan fingerprint density at radius 1 is 1.50 bits per heavy atom. The number of carbonyl (C=O) groups excluding carboxylic acids is 1. The normalized spacial score (nSPS) is 14.8. The molecule has 1 N–H and O–H groups in total. The van der Waals surface area contributed by atoms with Crippen molar-refractivity contribution in [2.75, 3.05) is 19.6 Å². The lowest BCUT2D eigenvalue weighted by Gasteiger charge is -2.38. The molecule has 20 heavy (non-hydrogen) atoms. The third-order valence-corrected chi connectivity index (χ3v) is 3.02. The van der Waals surface area contributed by atoms with Crippen molar-refractivity contribution in [3.05, 3.63) is 48.1 Å². The molecule has 4 nitrogen and oxygen atoms in total. The highest BCUT2D eigenvalue weighted by atomic mass is 19.1. The average molecular weight is 282 g/mol. The van der Waals surface area contributed by atoms with E-state index in [0.29, 0.717) is 19.6 Å². The van der Waals surface area contributed by atoms with Crippen LogP contribution >= 0.6 is 0 Å². The Labute approximate surface area is 116 Å². The molecule has 0 unspecified atom stereocenters. The third kappa shape index (κ3) is 3.54. The summed E-state index contributed by atoms with van der Waals surface area (Å²) in [4.78, 5) is 13.1. The number of hydrogen-bond donors (Lipinski definition) is 1. The zero-order valence-corrected chi connectivity index (χ0v) is 10.9. The van der Waals surface area contributed by atoms with Crippen LogP contribution in [-0.2, 0) is 11.3 Å². The van der Waals surface area contributed by atoms with Crippen molar-refractivity contribution in [1.82, 2.24) is 10.2 Å². The molecule has 0 aromatic heterocycles. The van der Waals surface area contributed by atoms with Crippen molar-refractivity contribution < 1.29 is 18.3 Å². The van der Waals surface area contributed by atoms with Crippen LogP contribution in [0.25, 0.3) is 0 Å². The van der Waals surface area contributed by atoms with E-state index in [9.17, 15) is 13.6 Å². The second kappa shape index (κ2) is 6.47. The van der Waals surface area contributed by atoms with Crippen molar-refractivity contribution in [2.24, 2.45) is 0 Å². The van der Waals surface area contributed by atoms with Crippen LogP contribution in [0.1, 0.15) is 5.56 Å². The van der Waals surface area contributed by atoms with E-state index in [1.807, 2.05) is 0 Å². The van der Waals surface area contributed by atoms with E-state index in [0.717, 1.165) is 18.2 Å². The summed E-state index contributed by atoms with van der Waals surface area (Å²) in [5.74, 6) is -0.990. The summed E-state index contributed by atoms with van der Waals surface area (Å²) in [6, 6.07) is 3.07. The molecule has 1 aliphatic rings. The topological polar surface area (TPSA) is 41.6 Å². The highest BCUT2D eigenvalue weighted by molar-refractivity contribution is 5.75. The molecule has 0 atom stereocenters. The summed E-state index contributed by atoms with van der Waals surface area (Å²) >= 11 is 0. The van der Waals surface area contributed by atoms with Crippen LogP contribution in [0.3, 0.4) is 0 Å². The zero-order chi connectivity index (χ0) is 14.5. The van der Waals surface area contributed by atoms with E-state index >= 15 is 0 Å². The number of ether oxygens (including phenoxy) is 1. The van der Waals surface area contributed by atoms with Gasteiger partial charge in [0.1, 0.15) is 11.6 Å². The molecule has 1 aromatic rings. The van der Waals surface area contributed by atoms with Crippen LogP contribution in [0.5, 0.6) is 0 Å². The van der Waals surface area contributed by atoms with Gasteiger partial charge in [-0.3, -0.25) is 0 Å². The van der Waals surface area contributed by atoms with Gasteiger partial charge in [0, 0.05) is 12.1 Å². The highest BCUT2D eigenvalue weighted by Gasteiger charge is 2.31. The van der Waals surface area contributed by atoms with Crippen LogP contribution in [-0.4, -0.2) is 36.7 Å². The monoisotopic (exact) mass is 282 g/mol. The van der Waals surface area contributed by atoms with E-state index in [2.05, 4.69) is 11.9 Å². The number of nitrogens with one attached hydrogen (secondary N) is 1. The number of hydrogen-bond acceptors (Lipinski definition) is 2. The summed E-state index contributed by atoms with van der Waals surface area (Å²) in [6.07, 6.45) is 1.45. The average Bonchev–Trinajstić information content (AvgIpc) is 2.38. The van der Waals surface area contributed by atoms with Gasteiger partial charge in [-0.15, -0.1) is 6.58 Å². The Morgan fingerprint density at radius 2 is 2.25 bits per heavy atom. The SMILES string of the molecule is C=CCNC(=O)N1CC(OCc2cc(F)ccc2F)C1. The van der Waals surface area contributed by atoms with Crippen LogP contribution in [0, 0.1) is 11.6 Å². The fourth-order valence-corrected chi connectivity index (χ4v) is 1.84. The molecule has 1 aromatic carbocycles. The molecule has 0 aliphatic carbocycles. The van der Waals surface area contributed by atoms with Crippen molar-refractivity contribution in [1.29, 1.82) is 0 Å². The minimum Gasteiger partial charge on any atom is -0.370 e.